The molecule has 19 heavy (non-hydrogen) atoms. The third-order valence-corrected chi connectivity index (χ3v) is 2.85. The summed E-state index contributed by atoms with van der Waals surface area (Å²) in [5, 5.41) is 12.4. The zero-order valence-corrected chi connectivity index (χ0v) is 10.8. The third kappa shape index (κ3) is 3.55. The number of phenolic OH excluding ortho intramolecular Hbond substituents is 1. The molecule has 0 saturated heterocycles. The Hall–Kier alpha value is -2.36. The number of nitrogens with one attached hydrogen (secondary N) is 1. The Bertz CT molecular complexity index is 568. The van der Waals surface area contributed by atoms with E-state index in [1.807, 2.05) is 19.1 Å². The van der Waals surface area contributed by atoms with Gasteiger partial charge < -0.3 is 10.4 Å². The standard InChI is InChI=1S/C15H16N2O2/c1-11-2-3-14(18)13(10-11)15(19)17-9-6-12-4-7-16-8-5-12/h2-5,7-8,10,18H,6,9H2,1H3,(H,17,19). The van der Waals surface area contributed by atoms with Crippen molar-refractivity contribution in [1.82, 2.24) is 10.3 Å². The number of hydrogen-bond acceptors (Lipinski definition) is 3. The summed E-state index contributed by atoms with van der Waals surface area (Å²) in [5.74, 6) is -0.248. The number of aromatic hydroxyl groups is 1. The molecule has 0 fully saturated rings. The predicted molar refractivity (Wildman–Crippen MR) is 73.1 cm³/mol. The van der Waals surface area contributed by atoms with Gasteiger partial charge in [0.25, 0.3) is 5.91 Å². The van der Waals surface area contributed by atoms with Crippen LogP contribution < -0.4 is 5.32 Å². The molecule has 0 aliphatic rings. The highest BCUT2D eigenvalue weighted by molar-refractivity contribution is 5.96. The van der Waals surface area contributed by atoms with Gasteiger partial charge in [-0.1, -0.05) is 11.6 Å². The first-order valence-corrected chi connectivity index (χ1v) is 6.13. The number of aryl methyl sites for hydroxylation is 1. The number of pyridine rings is 1. The highest BCUT2D eigenvalue weighted by atomic mass is 16.3. The minimum atomic E-state index is -0.254. The summed E-state index contributed by atoms with van der Waals surface area (Å²) in [6.07, 6.45) is 4.19. The van der Waals surface area contributed by atoms with E-state index in [2.05, 4.69) is 10.3 Å². The number of aromatic nitrogens is 1. The molecule has 0 radical (unpaired) electrons. The van der Waals surface area contributed by atoms with Crippen LogP contribution in [0.15, 0.2) is 42.7 Å². The summed E-state index contributed by atoms with van der Waals surface area (Å²) >= 11 is 0. The van der Waals surface area contributed by atoms with Gasteiger partial charge in [0, 0.05) is 18.9 Å². The molecule has 1 aromatic carbocycles. The van der Waals surface area contributed by atoms with Crippen LogP contribution in [-0.2, 0) is 6.42 Å². The van der Waals surface area contributed by atoms with Crippen molar-refractivity contribution in [2.45, 2.75) is 13.3 Å². The van der Waals surface area contributed by atoms with Crippen LogP contribution in [0.2, 0.25) is 0 Å². The van der Waals surface area contributed by atoms with Crippen molar-refractivity contribution in [3.8, 4) is 5.75 Å². The molecule has 0 saturated carbocycles. The van der Waals surface area contributed by atoms with E-state index in [4.69, 9.17) is 0 Å². The second kappa shape index (κ2) is 6.00. The molecule has 0 aliphatic carbocycles. The molecule has 2 N–H and O–H groups in total. The predicted octanol–water partition coefficient (Wildman–Crippen LogP) is 2.07. The average molecular weight is 256 g/mol. The fraction of sp³-hybridized carbons (Fsp3) is 0.200. The van der Waals surface area contributed by atoms with Crippen molar-refractivity contribution in [2.24, 2.45) is 0 Å². The number of amides is 1. The smallest absolute Gasteiger partial charge is 0.255 e. The first-order valence-electron chi connectivity index (χ1n) is 6.13. The molecule has 1 amide bonds. The van der Waals surface area contributed by atoms with Crippen molar-refractivity contribution in [3.05, 3.63) is 59.4 Å². The zero-order chi connectivity index (χ0) is 13.7. The summed E-state index contributed by atoms with van der Waals surface area (Å²) in [7, 11) is 0. The van der Waals surface area contributed by atoms with Crippen molar-refractivity contribution in [2.75, 3.05) is 6.54 Å². The van der Waals surface area contributed by atoms with Crippen LogP contribution >= 0.6 is 0 Å². The Morgan fingerprint density at radius 3 is 2.74 bits per heavy atom. The minimum Gasteiger partial charge on any atom is -0.507 e. The maximum Gasteiger partial charge on any atom is 0.255 e. The van der Waals surface area contributed by atoms with Gasteiger partial charge in [0.2, 0.25) is 0 Å². The second-order valence-electron chi connectivity index (χ2n) is 4.38. The molecule has 0 unspecified atom stereocenters. The minimum absolute atomic E-state index is 0.00649. The third-order valence-electron chi connectivity index (χ3n) is 2.85. The molecule has 0 bridgehead atoms. The van der Waals surface area contributed by atoms with Gasteiger partial charge in [0.15, 0.2) is 0 Å². The average Bonchev–Trinajstić information content (AvgIpc) is 2.42. The van der Waals surface area contributed by atoms with E-state index in [0.717, 1.165) is 17.5 Å². The lowest BCUT2D eigenvalue weighted by Gasteiger charge is -2.07. The topological polar surface area (TPSA) is 62.2 Å². The lowest BCUT2D eigenvalue weighted by molar-refractivity contribution is 0.0951. The van der Waals surface area contributed by atoms with Crippen LogP contribution in [0.3, 0.4) is 0 Å². The monoisotopic (exact) mass is 256 g/mol. The largest absolute Gasteiger partial charge is 0.507 e. The van der Waals surface area contributed by atoms with E-state index in [-0.39, 0.29) is 11.7 Å². The van der Waals surface area contributed by atoms with E-state index in [0.29, 0.717) is 12.1 Å². The Labute approximate surface area is 112 Å². The lowest BCUT2D eigenvalue weighted by Crippen LogP contribution is -2.25. The fourth-order valence-corrected chi connectivity index (χ4v) is 1.80. The van der Waals surface area contributed by atoms with Crippen LogP contribution in [0.1, 0.15) is 21.5 Å². The Balaban J connectivity index is 1.93. The van der Waals surface area contributed by atoms with Gasteiger partial charge in [-0.25, -0.2) is 0 Å². The Morgan fingerprint density at radius 2 is 2.00 bits per heavy atom. The van der Waals surface area contributed by atoms with E-state index >= 15 is 0 Å². The van der Waals surface area contributed by atoms with Gasteiger partial charge >= 0.3 is 0 Å². The first kappa shape index (κ1) is 13.1. The van der Waals surface area contributed by atoms with Gasteiger partial charge in [-0.2, -0.15) is 0 Å². The normalized spacial score (nSPS) is 10.2. The van der Waals surface area contributed by atoms with Crippen molar-refractivity contribution >= 4 is 5.91 Å². The van der Waals surface area contributed by atoms with Crippen molar-refractivity contribution in [1.29, 1.82) is 0 Å². The molecule has 98 valence electrons. The number of benzene rings is 1. The Kier molecular flexibility index (Phi) is 4.13. The number of rotatable bonds is 4. The molecule has 4 heteroatoms. The number of phenols is 1. The van der Waals surface area contributed by atoms with E-state index in [1.54, 1.807) is 24.5 Å². The number of carbonyl (C=O) groups is 1. The van der Waals surface area contributed by atoms with Crippen molar-refractivity contribution in [3.63, 3.8) is 0 Å². The van der Waals surface area contributed by atoms with Crippen LogP contribution in [0.5, 0.6) is 5.75 Å². The molecular weight excluding hydrogens is 240 g/mol. The van der Waals surface area contributed by atoms with Gasteiger partial charge in [-0.15, -0.1) is 0 Å². The van der Waals surface area contributed by atoms with Crippen LogP contribution in [0, 0.1) is 6.92 Å². The van der Waals surface area contributed by atoms with Crippen molar-refractivity contribution < 1.29 is 9.90 Å². The zero-order valence-electron chi connectivity index (χ0n) is 10.8. The molecule has 0 atom stereocenters. The van der Waals surface area contributed by atoms with E-state index in [1.165, 1.54) is 6.07 Å². The molecule has 2 aromatic rings. The SMILES string of the molecule is Cc1ccc(O)c(C(=O)NCCc2ccncc2)c1. The van der Waals surface area contributed by atoms with Crippen LogP contribution in [0.25, 0.3) is 0 Å². The van der Waals surface area contributed by atoms with Gasteiger partial charge in [0.1, 0.15) is 5.75 Å². The Morgan fingerprint density at radius 1 is 1.26 bits per heavy atom. The summed E-state index contributed by atoms with van der Waals surface area (Å²) < 4.78 is 0. The maximum absolute atomic E-state index is 11.9. The molecule has 0 aliphatic heterocycles. The summed E-state index contributed by atoms with van der Waals surface area (Å²) in [4.78, 5) is 15.9. The van der Waals surface area contributed by atoms with Crippen LogP contribution in [-0.4, -0.2) is 22.5 Å². The van der Waals surface area contributed by atoms with Gasteiger partial charge in [-0.05, 0) is 43.2 Å². The quantitative estimate of drug-likeness (QED) is 0.880. The molecular formula is C15H16N2O2. The number of hydrogen-bond donors (Lipinski definition) is 2. The molecule has 1 heterocycles. The van der Waals surface area contributed by atoms with Gasteiger partial charge in [-0.3, -0.25) is 9.78 Å². The van der Waals surface area contributed by atoms with Gasteiger partial charge in [0.05, 0.1) is 5.56 Å². The van der Waals surface area contributed by atoms with E-state index in [9.17, 15) is 9.90 Å². The molecule has 2 rings (SSSR count). The van der Waals surface area contributed by atoms with E-state index < -0.39 is 0 Å². The highest BCUT2D eigenvalue weighted by Gasteiger charge is 2.10. The summed E-state index contributed by atoms with van der Waals surface area (Å²) in [5.41, 5.74) is 2.37. The number of carbonyl (C=O) groups excluding carboxylic acids is 1. The summed E-state index contributed by atoms with van der Waals surface area (Å²) in [6.45, 7) is 2.41. The number of nitrogens with zero attached hydrogens (tertiary/aromatic N) is 1. The summed E-state index contributed by atoms with van der Waals surface area (Å²) in [6, 6.07) is 8.81. The van der Waals surface area contributed by atoms with Crippen LogP contribution in [0.4, 0.5) is 0 Å². The highest BCUT2D eigenvalue weighted by Crippen LogP contribution is 2.17. The second-order valence-corrected chi connectivity index (χ2v) is 4.38. The molecule has 4 nitrogen and oxygen atoms in total. The first-order chi connectivity index (χ1) is 9.16. The fourth-order valence-electron chi connectivity index (χ4n) is 1.80. The lowest BCUT2D eigenvalue weighted by atomic mass is 10.1. The molecule has 1 aromatic heterocycles. The molecule has 0 spiro atoms. The maximum atomic E-state index is 11.9.